The standard InChI is InChI=1S/C23H18ClNO2/c1-2-18-15-17(4-12-23(18)27-14-13-26)3-10-22-11-7-20(16-25-22)19-5-8-21(24)9-6-19/h2,4-9,11-12,15-16,26H,1,13-14H2. The molecule has 4 heteroatoms. The highest BCUT2D eigenvalue weighted by Gasteiger charge is 2.02. The van der Waals surface area contributed by atoms with Crippen molar-refractivity contribution in [2.24, 2.45) is 0 Å². The zero-order valence-corrected chi connectivity index (χ0v) is 15.4. The largest absolute Gasteiger partial charge is 0.491 e. The van der Waals surface area contributed by atoms with Gasteiger partial charge >= 0.3 is 0 Å². The van der Waals surface area contributed by atoms with Crippen LogP contribution < -0.4 is 4.74 Å². The SMILES string of the molecule is C=Cc1cc(C#Cc2ccc(-c3ccc(Cl)cc3)cn2)ccc1OCCO. The minimum absolute atomic E-state index is 0.0319. The van der Waals surface area contributed by atoms with E-state index in [9.17, 15) is 0 Å². The van der Waals surface area contributed by atoms with E-state index in [4.69, 9.17) is 21.4 Å². The third kappa shape index (κ3) is 4.98. The van der Waals surface area contributed by atoms with Crippen molar-refractivity contribution >= 4 is 17.7 Å². The molecule has 0 bridgehead atoms. The van der Waals surface area contributed by atoms with Crippen LogP contribution in [-0.2, 0) is 0 Å². The zero-order chi connectivity index (χ0) is 19.1. The second kappa shape index (κ2) is 9.05. The number of ether oxygens (including phenoxy) is 1. The molecular weight excluding hydrogens is 358 g/mol. The molecule has 3 aromatic rings. The van der Waals surface area contributed by atoms with Crippen LogP contribution >= 0.6 is 11.6 Å². The molecule has 0 unspecified atom stereocenters. The summed E-state index contributed by atoms with van der Waals surface area (Å²) in [6, 6.07) is 17.1. The van der Waals surface area contributed by atoms with Gasteiger partial charge in [0.15, 0.2) is 0 Å². The van der Waals surface area contributed by atoms with E-state index in [1.807, 2.05) is 54.6 Å². The summed E-state index contributed by atoms with van der Waals surface area (Å²) in [4.78, 5) is 4.41. The first kappa shape index (κ1) is 18.7. The van der Waals surface area contributed by atoms with Gasteiger partial charge in [0.1, 0.15) is 18.1 Å². The lowest BCUT2D eigenvalue weighted by Crippen LogP contribution is -2.02. The Kier molecular flexibility index (Phi) is 6.27. The van der Waals surface area contributed by atoms with E-state index in [2.05, 4.69) is 23.4 Å². The minimum atomic E-state index is -0.0319. The number of hydrogen-bond donors (Lipinski definition) is 1. The highest BCUT2D eigenvalue weighted by Crippen LogP contribution is 2.22. The maximum atomic E-state index is 8.87. The smallest absolute Gasteiger partial charge is 0.126 e. The Balaban J connectivity index is 1.77. The van der Waals surface area contributed by atoms with Crippen LogP contribution in [0.5, 0.6) is 5.75 Å². The number of nitrogens with zero attached hydrogens (tertiary/aromatic N) is 1. The lowest BCUT2D eigenvalue weighted by atomic mass is 10.1. The van der Waals surface area contributed by atoms with E-state index >= 15 is 0 Å². The molecule has 2 aromatic carbocycles. The highest BCUT2D eigenvalue weighted by molar-refractivity contribution is 6.30. The van der Waals surface area contributed by atoms with Gasteiger partial charge in [0.25, 0.3) is 0 Å². The molecule has 0 atom stereocenters. The molecule has 27 heavy (non-hydrogen) atoms. The van der Waals surface area contributed by atoms with Crippen LogP contribution in [-0.4, -0.2) is 23.3 Å². The Morgan fingerprint density at radius 3 is 2.48 bits per heavy atom. The molecule has 0 spiro atoms. The van der Waals surface area contributed by atoms with Gasteiger partial charge in [0.05, 0.1) is 6.61 Å². The highest BCUT2D eigenvalue weighted by atomic mass is 35.5. The normalized spacial score (nSPS) is 10.0. The van der Waals surface area contributed by atoms with Crippen molar-refractivity contribution in [1.29, 1.82) is 0 Å². The average Bonchev–Trinajstić information content (AvgIpc) is 2.72. The van der Waals surface area contributed by atoms with Gasteiger partial charge in [-0.25, -0.2) is 4.98 Å². The van der Waals surface area contributed by atoms with Crippen molar-refractivity contribution in [2.75, 3.05) is 13.2 Å². The Morgan fingerprint density at radius 2 is 1.81 bits per heavy atom. The Labute approximate surface area is 163 Å². The molecule has 134 valence electrons. The van der Waals surface area contributed by atoms with Gasteiger partial charge in [-0.15, -0.1) is 0 Å². The topological polar surface area (TPSA) is 42.4 Å². The van der Waals surface area contributed by atoms with Crippen LogP contribution in [0.25, 0.3) is 17.2 Å². The number of rotatable bonds is 5. The van der Waals surface area contributed by atoms with Crippen molar-refractivity contribution < 1.29 is 9.84 Å². The molecular formula is C23H18ClNO2. The van der Waals surface area contributed by atoms with Crippen LogP contribution in [0.4, 0.5) is 0 Å². The van der Waals surface area contributed by atoms with Crippen molar-refractivity contribution in [2.45, 2.75) is 0 Å². The van der Waals surface area contributed by atoms with Gasteiger partial charge in [-0.3, -0.25) is 0 Å². The Morgan fingerprint density at radius 1 is 1.04 bits per heavy atom. The average molecular weight is 376 g/mol. The van der Waals surface area contributed by atoms with E-state index < -0.39 is 0 Å². The molecule has 0 amide bonds. The van der Waals surface area contributed by atoms with E-state index in [1.54, 1.807) is 12.3 Å². The van der Waals surface area contributed by atoms with Crippen molar-refractivity contribution in [3.8, 4) is 28.7 Å². The second-order valence-electron chi connectivity index (χ2n) is 5.72. The first-order valence-corrected chi connectivity index (χ1v) is 8.81. The number of benzene rings is 2. The molecule has 0 aliphatic rings. The maximum absolute atomic E-state index is 8.87. The second-order valence-corrected chi connectivity index (χ2v) is 6.15. The zero-order valence-electron chi connectivity index (χ0n) is 14.7. The van der Waals surface area contributed by atoms with Crippen LogP contribution in [0.1, 0.15) is 16.8 Å². The van der Waals surface area contributed by atoms with Crippen molar-refractivity contribution in [3.05, 3.63) is 89.2 Å². The summed E-state index contributed by atoms with van der Waals surface area (Å²) in [5.41, 5.74) is 4.43. The number of halogens is 1. The summed E-state index contributed by atoms with van der Waals surface area (Å²) >= 11 is 5.92. The third-order valence-electron chi connectivity index (χ3n) is 3.85. The number of aliphatic hydroxyl groups excluding tert-OH is 1. The summed E-state index contributed by atoms with van der Waals surface area (Å²) < 4.78 is 5.47. The third-order valence-corrected chi connectivity index (χ3v) is 4.11. The fraction of sp³-hybridized carbons (Fsp3) is 0.0870. The molecule has 3 rings (SSSR count). The van der Waals surface area contributed by atoms with Gasteiger partial charge in [0.2, 0.25) is 0 Å². The summed E-state index contributed by atoms with van der Waals surface area (Å²) in [7, 11) is 0. The van der Waals surface area contributed by atoms with Gasteiger partial charge in [0, 0.05) is 27.9 Å². The van der Waals surface area contributed by atoms with Gasteiger partial charge in [-0.05, 0) is 47.9 Å². The van der Waals surface area contributed by atoms with E-state index in [-0.39, 0.29) is 13.2 Å². The van der Waals surface area contributed by atoms with Crippen LogP contribution in [0.15, 0.2) is 67.4 Å². The molecule has 0 fully saturated rings. The predicted molar refractivity (Wildman–Crippen MR) is 110 cm³/mol. The number of pyridine rings is 1. The first-order valence-electron chi connectivity index (χ1n) is 8.44. The lowest BCUT2D eigenvalue weighted by molar-refractivity contribution is 0.201. The molecule has 0 saturated carbocycles. The monoisotopic (exact) mass is 375 g/mol. The minimum Gasteiger partial charge on any atom is -0.491 e. The van der Waals surface area contributed by atoms with Crippen molar-refractivity contribution in [1.82, 2.24) is 4.98 Å². The Bertz CT molecular complexity index is 984. The molecule has 1 aromatic heterocycles. The predicted octanol–water partition coefficient (Wildman–Crippen LogP) is 4.82. The maximum Gasteiger partial charge on any atom is 0.126 e. The van der Waals surface area contributed by atoms with Gasteiger partial charge in [-0.1, -0.05) is 48.4 Å². The van der Waals surface area contributed by atoms with Gasteiger partial charge < -0.3 is 9.84 Å². The molecule has 0 aliphatic heterocycles. The van der Waals surface area contributed by atoms with E-state index in [0.717, 1.165) is 22.3 Å². The summed E-state index contributed by atoms with van der Waals surface area (Å²) in [5.74, 6) is 6.84. The fourth-order valence-corrected chi connectivity index (χ4v) is 2.62. The lowest BCUT2D eigenvalue weighted by Gasteiger charge is -2.08. The van der Waals surface area contributed by atoms with Crippen LogP contribution in [0.3, 0.4) is 0 Å². The summed E-state index contributed by atoms with van der Waals surface area (Å²) in [5, 5.41) is 9.58. The fourth-order valence-electron chi connectivity index (χ4n) is 2.49. The summed E-state index contributed by atoms with van der Waals surface area (Å²) in [6.45, 7) is 4.01. The van der Waals surface area contributed by atoms with E-state index in [1.165, 1.54) is 0 Å². The first-order chi connectivity index (χ1) is 13.2. The quantitative estimate of drug-likeness (QED) is 0.650. The molecule has 1 N–H and O–H groups in total. The number of hydrogen-bond acceptors (Lipinski definition) is 3. The summed E-state index contributed by atoms with van der Waals surface area (Å²) in [6.07, 6.45) is 3.51. The van der Waals surface area contributed by atoms with Crippen molar-refractivity contribution in [3.63, 3.8) is 0 Å². The molecule has 1 heterocycles. The van der Waals surface area contributed by atoms with Crippen LogP contribution in [0, 0.1) is 11.8 Å². The van der Waals surface area contributed by atoms with Gasteiger partial charge in [-0.2, -0.15) is 0 Å². The Hall–Kier alpha value is -3.06. The molecule has 0 radical (unpaired) electrons. The molecule has 0 saturated heterocycles. The molecule has 0 aliphatic carbocycles. The van der Waals surface area contributed by atoms with E-state index in [0.29, 0.717) is 16.5 Å². The number of aromatic nitrogens is 1. The molecule has 3 nitrogen and oxygen atoms in total. The number of aliphatic hydroxyl groups is 1. The van der Waals surface area contributed by atoms with Crippen LogP contribution in [0.2, 0.25) is 5.02 Å².